The van der Waals surface area contributed by atoms with Crippen LogP contribution in [0.15, 0.2) is 24.3 Å². The molecule has 6 heteroatoms. The van der Waals surface area contributed by atoms with Gasteiger partial charge >= 0.3 is 0 Å². The zero-order valence-corrected chi connectivity index (χ0v) is 7.03. The Kier molecular flexibility index (Phi) is 1.94. The lowest BCUT2D eigenvalue weighted by molar-refractivity contribution is 0.111. The summed E-state index contributed by atoms with van der Waals surface area (Å²) in [5, 5.41) is 19.5. The summed E-state index contributed by atoms with van der Waals surface area (Å²) in [6, 6.07) is 6.20. The summed E-state index contributed by atoms with van der Waals surface area (Å²) < 4.78 is 1.28. The van der Waals surface area contributed by atoms with E-state index in [2.05, 4.69) is 15.5 Å². The summed E-state index contributed by atoms with van der Waals surface area (Å²) >= 11 is 0. The molecule has 2 rings (SSSR count). The molecule has 0 aliphatic carbocycles. The maximum Gasteiger partial charge on any atom is 0.219 e. The minimum Gasteiger partial charge on any atom is -0.508 e. The average Bonchev–Trinajstić information content (AvgIpc) is 2.67. The van der Waals surface area contributed by atoms with E-state index in [1.807, 2.05) is 0 Å². The predicted molar refractivity (Wildman–Crippen MR) is 46.2 cm³/mol. The molecule has 0 amide bonds. The van der Waals surface area contributed by atoms with Gasteiger partial charge in [-0.25, -0.2) is 0 Å². The molecule has 0 spiro atoms. The smallest absolute Gasteiger partial charge is 0.219 e. The van der Waals surface area contributed by atoms with Crippen LogP contribution in [-0.2, 0) is 0 Å². The van der Waals surface area contributed by atoms with E-state index in [4.69, 9.17) is 5.11 Å². The highest BCUT2D eigenvalue weighted by molar-refractivity contribution is 5.69. The third-order valence-corrected chi connectivity index (χ3v) is 1.69. The Balaban J connectivity index is 2.49. The second-order valence-electron chi connectivity index (χ2n) is 2.58. The predicted octanol–water partition coefficient (Wildman–Crippen LogP) is 0.180. The minimum absolute atomic E-state index is 0.121. The number of hydrogen-bond donors (Lipinski definition) is 1. The van der Waals surface area contributed by atoms with Crippen molar-refractivity contribution in [3.05, 3.63) is 30.1 Å². The molecule has 1 aromatic carbocycles. The molecule has 0 saturated heterocycles. The van der Waals surface area contributed by atoms with Crippen LogP contribution < -0.4 is 0 Å². The largest absolute Gasteiger partial charge is 0.508 e. The van der Waals surface area contributed by atoms with Crippen molar-refractivity contribution in [3.8, 4) is 11.4 Å². The second kappa shape index (κ2) is 3.25. The van der Waals surface area contributed by atoms with Crippen LogP contribution >= 0.6 is 0 Å². The lowest BCUT2D eigenvalue weighted by Crippen LogP contribution is -2.01. The van der Waals surface area contributed by atoms with Gasteiger partial charge in [0.05, 0.1) is 5.69 Å². The lowest BCUT2D eigenvalue weighted by atomic mass is 10.3. The van der Waals surface area contributed by atoms with Gasteiger partial charge in [-0.05, 0) is 34.7 Å². The molecule has 0 unspecified atom stereocenters. The number of aromatic hydroxyl groups is 1. The van der Waals surface area contributed by atoms with Crippen LogP contribution in [0, 0.1) is 0 Å². The Morgan fingerprint density at radius 2 is 2.00 bits per heavy atom. The van der Waals surface area contributed by atoms with Crippen molar-refractivity contribution in [2.75, 3.05) is 0 Å². The number of hydrogen-bond acceptors (Lipinski definition) is 5. The van der Waals surface area contributed by atoms with Crippen molar-refractivity contribution < 1.29 is 9.90 Å². The van der Waals surface area contributed by atoms with Crippen molar-refractivity contribution >= 4 is 6.29 Å². The summed E-state index contributed by atoms with van der Waals surface area (Å²) in [6.07, 6.45) is 0.562. The van der Waals surface area contributed by atoms with Gasteiger partial charge < -0.3 is 5.11 Å². The quantitative estimate of drug-likeness (QED) is 0.683. The SMILES string of the molecule is O=Cc1nnnn1-c1ccc(O)cc1. The molecule has 1 aromatic heterocycles. The number of carbonyl (C=O) groups is 1. The van der Waals surface area contributed by atoms with E-state index in [1.165, 1.54) is 16.8 Å². The van der Waals surface area contributed by atoms with Crippen LogP contribution in [0.25, 0.3) is 5.69 Å². The molecule has 14 heavy (non-hydrogen) atoms. The summed E-state index contributed by atoms with van der Waals surface area (Å²) in [5.41, 5.74) is 0.620. The van der Waals surface area contributed by atoms with Crippen LogP contribution in [0.5, 0.6) is 5.75 Å². The van der Waals surface area contributed by atoms with Crippen LogP contribution in [0.1, 0.15) is 10.6 Å². The molecule has 0 aliphatic rings. The van der Waals surface area contributed by atoms with E-state index in [0.717, 1.165) is 0 Å². The molecule has 0 fully saturated rings. The molecule has 0 saturated carbocycles. The van der Waals surface area contributed by atoms with E-state index in [0.29, 0.717) is 12.0 Å². The van der Waals surface area contributed by atoms with E-state index >= 15 is 0 Å². The molecule has 70 valence electrons. The third kappa shape index (κ3) is 1.33. The first kappa shape index (κ1) is 8.36. The Morgan fingerprint density at radius 1 is 1.29 bits per heavy atom. The first-order valence-electron chi connectivity index (χ1n) is 3.84. The molecular formula is C8H6N4O2. The number of phenolic OH excluding ortho intramolecular Hbond substituents is 1. The van der Waals surface area contributed by atoms with Gasteiger partial charge in [0.15, 0.2) is 6.29 Å². The maximum atomic E-state index is 10.5. The summed E-state index contributed by atoms with van der Waals surface area (Å²) in [6.45, 7) is 0. The maximum absolute atomic E-state index is 10.5. The molecule has 6 nitrogen and oxygen atoms in total. The molecule has 1 N–H and O–H groups in total. The normalized spacial score (nSPS) is 10.0. The number of phenols is 1. The summed E-state index contributed by atoms with van der Waals surface area (Å²) in [4.78, 5) is 10.5. The van der Waals surface area contributed by atoms with Crippen molar-refractivity contribution in [1.82, 2.24) is 20.2 Å². The zero-order valence-electron chi connectivity index (χ0n) is 7.03. The van der Waals surface area contributed by atoms with E-state index < -0.39 is 0 Å². The van der Waals surface area contributed by atoms with Gasteiger partial charge in [-0.3, -0.25) is 4.79 Å². The number of benzene rings is 1. The fourth-order valence-corrected chi connectivity index (χ4v) is 1.05. The molecule has 0 bridgehead atoms. The van der Waals surface area contributed by atoms with Gasteiger partial charge in [0, 0.05) is 0 Å². The fourth-order valence-electron chi connectivity index (χ4n) is 1.05. The van der Waals surface area contributed by atoms with Crippen LogP contribution in [0.4, 0.5) is 0 Å². The van der Waals surface area contributed by atoms with Gasteiger partial charge in [-0.1, -0.05) is 0 Å². The zero-order chi connectivity index (χ0) is 9.97. The summed E-state index contributed by atoms with van der Waals surface area (Å²) in [7, 11) is 0. The number of aromatic nitrogens is 4. The number of carbonyl (C=O) groups excluding carboxylic acids is 1. The molecule has 0 radical (unpaired) electrons. The molecule has 0 atom stereocenters. The van der Waals surface area contributed by atoms with E-state index in [-0.39, 0.29) is 11.6 Å². The monoisotopic (exact) mass is 190 g/mol. The first-order valence-corrected chi connectivity index (χ1v) is 3.84. The average molecular weight is 190 g/mol. The van der Waals surface area contributed by atoms with E-state index in [1.54, 1.807) is 12.1 Å². The fraction of sp³-hybridized carbons (Fsp3) is 0. The number of rotatable bonds is 2. The van der Waals surface area contributed by atoms with Crippen LogP contribution in [0.2, 0.25) is 0 Å². The number of nitrogens with zero attached hydrogens (tertiary/aromatic N) is 4. The Hall–Kier alpha value is -2.24. The van der Waals surface area contributed by atoms with Gasteiger partial charge in [-0.2, -0.15) is 4.68 Å². The molecule has 1 heterocycles. The third-order valence-electron chi connectivity index (χ3n) is 1.69. The van der Waals surface area contributed by atoms with Crippen molar-refractivity contribution in [3.63, 3.8) is 0 Å². The van der Waals surface area contributed by atoms with Crippen LogP contribution in [-0.4, -0.2) is 31.6 Å². The Bertz CT molecular complexity index is 449. The Labute approximate surface area is 78.8 Å². The highest BCUT2D eigenvalue weighted by atomic mass is 16.3. The van der Waals surface area contributed by atoms with Gasteiger partial charge in [0.2, 0.25) is 5.82 Å². The van der Waals surface area contributed by atoms with Gasteiger partial charge in [0.25, 0.3) is 0 Å². The van der Waals surface area contributed by atoms with Gasteiger partial charge in [0.1, 0.15) is 5.75 Å². The molecule has 0 aliphatic heterocycles. The summed E-state index contributed by atoms with van der Waals surface area (Å²) in [5.74, 6) is 0.269. The molecular weight excluding hydrogens is 184 g/mol. The first-order chi connectivity index (χ1) is 6.81. The Morgan fingerprint density at radius 3 is 2.64 bits per heavy atom. The van der Waals surface area contributed by atoms with E-state index in [9.17, 15) is 4.79 Å². The lowest BCUT2D eigenvalue weighted by Gasteiger charge is -1.99. The van der Waals surface area contributed by atoms with Gasteiger partial charge in [-0.15, -0.1) is 5.10 Å². The minimum atomic E-state index is 0.121. The number of tetrazole rings is 1. The van der Waals surface area contributed by atoms with Crippen LogP contribution in [0.3, 0.4) is 0 Å². The van der Waals surface area contributed by atoms with Crippen molar-refractivity contribution in [1.29, 1.82) is 0 Å². The standard InChI is InChI=1S/C8H6N4O2/c13-5-8-9-10-11-12(8)6-1-3-7(14)4-2-6/h1-5,14H. The van der Waals surface area contributed by atoms with Crippen molar-refractivity contribution in [2.24, 2.45) is 0 Å². The topological polar surface area (TPSA) is 80.9 Å². The second-order valence-corrected chi connectivity index (χ2v) is 2.58. The molecule has 2 aromatic rings. The van der Waals surface area contributed by atoms with Crippen molar-refractivity contribution in [2.45, 2.75) is 0 Å². The highest BCUT2D eigenvalue weighted by Gasteiger charge is 2.05. The number of aldehydes is 1. The highest BCUT2D eigenvalue weighted by Crippen LogP contribution is 2.12.